The highest BCUT2D eigenvalue weighted by molar-refractivity contribution is 5.18. The molecular weight excluding hydrogens is 280 g/mol. The predicted octanol–water partition coefficient (Wildman–Crippen LogP) is 2.99. The Balaban J connectivity index is 1.57. The van der Waals surface area contributed by atoms with E-state index in [-0.39, 0.29) is 18.5 Å². The lowest BCUT2D eigenvalue weighted by molar-refractivity contribution is -0.352. The summed E-state index contributed by atoms with van der Waals surface area (Å²) in [7, 11) is 0. The molecular formula is C18H22O4. The fraction of sp³-hybridized carbons (Fsp3) is 0.556. The zero-order chi connectivity index (χ0) is 15.2. The van der Waals surface area contributed by atoms with Crippen molar-refractivity contribution in [3.05, 3.63) is 48.0 Å². The number of benzene rings is 1. The number of hydrogen-bond donors (Lipinski definition) is 0. The molecule has 3 aliphatic heterocycles. The zero-order valence-electron chi connectivity index (χ0n) is 13.0. The van der Waals surface area contributed by atoms with E-state index < -0.39 is 11.2 Å². The maximum atomic E-state index is 6.39. The minimum Gasteiger partial charge on any atom is -0.371 e. The average molecular weight is 302 g/mol. The molecule has 4 heteroatoms. The Bertz CT molecular complexity index is 572. The molecule has 4 nitrogen and oxygen atoms in total. The molecule has 2 saturated heterocycles. The number of fused-ring (bicyclic) bond motifs is 2. The maximum Gasteiger partial charge on any atom is 0.184 e. The molecule has 0 bridgehead atoms. The van der Waals surface area contributed by atoms with Crippen LogP contribution >= 0.6 is 0 Å². The summed E-state index contributed by atoms with van der Waals surface area (Å²) in [6.45, 7) is 5.32. The second kappa shape index (κ2) is 5.17. The van der Waals surface area contributed by atoms with Gasteiger partial charge in [0, 0.05) is 12.0 Å². The number of hydrogen-bond acceptors (Lipinski definition) is 4. The first-order chi connectivity index (χ1) is 10.6. The quantitative estimate of drug-likeness (QED) is 0.747. The van der Waals surface area contributed by atoms with Crippen LogP contribution in [-0.4, -0.2) is 36.6 Å². The normalized spacial score (nSPS) is 44.2. The highest BCUT2D eigenvalue weighted by Gasteiger charge is 2.55. The van der Waals surface area contributed by atoms with E-state index in [9.17, 15) is 0 Å². The molecule has 2 fully saturated rings. The molecule has 22 heavy (non-hydrogen) atoms. The van der Waals surface area contributed by atoms with Crippen molar-refractivity contribution in [2.24, 2.45) is 0 Å². The summed E-state index contributed by atoms with van der Waals surface area (Å²) in [6, 6.07) is 10.1. The molecule has 0 unspecified atom stereocenters. The molecule has 5 atom stereocenters. The second-order valence-corrected chi connectivity index (χ2v) is 6.74. The van der Waals surface area contributed by atoms with Crippen molar-refractivity contribution in [3.63, 3.8) is 0 Å². The fourth-order valence-corrected chi connectivity index (χ4v) is 3.68. The first-order valence-electron chi connectivity index (χ1n) is 7.91. The first-order valence-corrected chi connectivity index (χ1v) is 7.91. The maximum absolute atomic E-state index is 6.39. The molecule has 0 N–H and O–H groups in total. The van der Waals surface area contributed by atoms with Crippen molar-refractivity contribution in [3.8, 4) is 0 Å². The Morgan fingerprint density at radius 2 is 1.86 bits per heavy atom. The SMILES string of the molecule is C[C@@]12CO[C@@H](c3ccccc3)O[C@H]1C[C@H]1OCC=C[C@]1(C)O2. The van der Waals surface area contributed by atoms with Crippen molar-refractivity contribution < 1.29 is 18.9 Å². The van der Waals surface area contributed by atoms with Gasteiger partial charge in [-0.3, -0.25) is 0 Å². The van der Waals surface area contributed by atoms with Gasteiger partial charge in [-0.05, 0) is 13.8 Å². The van der Waals surface area contributed by atoms with Crippen LogP contribution in [0.15, 0.2) is 42.5 Å². The summed E-state index contributed by atoms with van der Waals surface area (Å²) < 4.78 is 24.5. The van der Waals surface area contributed by atoms with Crippen molar-refractivity contribution in [1.29, 1.82) is 0 Å². The zero-order valence-corrected chi connectivity index (χ0v) is 13.0. The van der Waals surface area contributed by atoms with Gasteiger partial charge in [-0.1, -0.05) is 42.5 Å². The smallest absolute Gasteiger partial charge is 0.184 e. The topological polar surface area (TPSA) is 36.9 Å². The van der Waals surface area contributed by atoms with E-state index in [2.05, 4.69) is 19.9 Å². The van der Waals surface area contributed by atoms with Gasteiger partial charge in [-0.25, -0.2) is 0 Å². The molecule has 0 radical (unpaired) electrons. The fourth-order valence-electron chi connectivity index (χ4n) is 3.68. The van der Waals surface area contributed by atoms with E-state index in [0.717, 1.165) is 12.0 Å². The summed E-state index contributed by atoms with van der Waals surface area (Å²) in [6.07, 6.45) is 4.64. The van der Waals surface area contributed by atoms with Gasteiger partial charge < -0.3 is 18.9 Å². The third-order valence-corrected chi connectivity index (χ3v) is 4.92. The lowest BCUT2D eigenvalue weighted by atomic mass is 9.81. The summed E-state index contributed by atoms with van der Waals surface area (Å²) in [5.74, 6) is 0. The standard InChI is InChI=1S/C18H22O4/c1-17-9-6-10-19-14(17)11-15-18(2,22-17)12-20-16(21-15)13-7-4-3-5-8-13/h3-9,14-16H,10-12H2,1-2H3/t14-,15+,16-,17+,18-/m1/s1. The minimum absolute atomic E-state index is 0.0315. The molecule has 1 aromatic carbocycles. The summed E-state index contributed by atoms with van der Waals surface area (Å²) in [5, 5.41) is 0. The molecule has 0 amide bonds. The van der Waals surface area contributed by atoms with Crippen LogP contribution in [0.5, 0.6) is 0 Å². The van der Waals surface area contributed by atoms with Crippen LogP contribution in [0, 0.1) is 0 Å². The predicted molar refractivity (Wildman–Crippen MR) is 81.4 cm³/mol. The van der Waals surface area contributed by atoms with Crippen molar-refractivity contribution in [2.45, 2.75) is 50.0 Å². The van der Waals surface area contributed by atoms with E-state index >= 15 is 0 Å². The van der Waals surface area contributed by atoms with Crippen LogP contribution in [0.3, 0.4) is 0 Å². The van der Waals surface area contributed by atoms with Gasteiger partial charge in [0.2, 0.25) is 0 Å². The van der Waals surface area contributed by atoms with Gasteiger partial charge in [-0.2, -0.15) is 0 Å². The van der Waals surface area contributed by atoms with Gasteiger partial charge in [0.05, 0.1) is 25.4 Å². The van der Waals surface area contributed by atoms with Crippen molar-refractivity contribution in [1.82, 2.24) is 0 Å². The Kier molecular flexibility index (Phi) is 3.38. The minimum atomic E-state index is -0.443. The van der Waals surface area contributed by atoms with Crippen LogP contribution in [-0.2, 0) is 18.9 Å². The molecule has 4 rings (SSSR count). The Labute approximate surface area is 131 Å². The van der Waals surface area contributed by atoms with Crippen LogP contribution in [0.1, 0.15) is 32.1 Å². The number of rotatable bonds is 1. The van der Waals surface area contributed by atoms with E-state index in [1.54, 1.807) is 0 Å². The number of ether oxygens (including phenoxy) is 4. The van der Waals surface area contributed by atoms with Crippen LogP contribution in [0.25, 0.3) is 0 Å². The highest BCUT2D eigenvalue weighted by atomic mass is 16.7. The van der Waals surface area contributed by atoms with Gasteiger partial charge >= 0.3 is 0 Å². The Morgan fingerprint density at radius 3 is 2.68 bits per heavy atom. The van der Waals surface area contributed by atoms with Gasteiger partial charge in [0.15, 0.2) is 6.29 Å². The summed E-state index contributed by atoms with van der Waals surface area (Å²) >= 11 is 0. The van der Waals surface area contributed by atoms with E-state index in [0.29, 0.717) is 13.2 Å². The van der Waals surface area contributed by atoms with Crippen molar-refractivity contribution in [2.75, 3.05) is 13.2 Å². The molecule has 0 saturated carbocycles. The van der Waals surface area contributed by atoms with E-state index in [1.807, 2.05) is 36.4 Å². The van der Waals surface area contributed by atoms with Crippen LogP contribution in [0.4, 0.5) is 0 Å². The van der Waals surface area contributed by atoms with Gasteiger partial charge in [-0.15, -0.1) is 0 Å². The highest BCUT2D eigenvalue weighted by Crippen LogP contribution is 2.45. The molecule has 0 spiro atoms. The molecule has 0 aliphatic carbocycles. The Morgan fingerprint density at radius 1 is 1.05 bits per heavy atom. The van der Waals surface area contributed by atoms with E-state index in [4.69, 9.17) is 18.9 Å². The van der Waals surface area contributed by atoms with E-state index in [1.165, 1.54) is 0 Å². The van der Waals surface area contributed by atoms with Gasteiger partial charge in [0.1, 0.15) is 11.2 Å². The summed E-state index contributed by atoms with van der Waals surface area (Å²) in [5.41, 5.74) is 0.208. The second-order valence-electron chi connectivity index (χ2n) is 6.74. The molecule has 1 aromatic rings. The van der Waals surface area contributed by atoms with Crippen LogP contribution in [0.2, 0.25) is 0 Å². The monoisotopic (exact) mass is 302 g/mol. The average Bonchev–Trinajstić information content (AvgIpc) is 2.52. The lowest BCUT2D eigenvalue weighted by Gasteiger charge is -2.55. The Hall–Kier alpha value is -1.20. The largest absolute Gasteiger partial charge is 0.371 e. The third kappa shape index (κ3) is 2.31. The molecule has 118 valence electrons. The molecule has 3 heterocycles. The first kappa shape index (κ1) is 14.4. The van der Waals surface area contributed by atoms with Crippen molar-refractivity contribution >= 4 is 0 Å². The molecule has 3 aliphatic rings. The third-order valence-electron chi connectivity index (χ3n) is 4.92. The van der Waals surface area contributed by atoms with Gasteiger partial charge in [0.25, 0.3) is 0 Å². The lowest BCUT2D eigenvalue weighted by Crippen LogP contribution is -2.65. The molecule has 0 aromatic heterocycles. The van der Waals surface area contributed by atoms with Crippen LogP contribution < -0.4 is 0 Å². The summed E-state index contributed by atoms with van der Waals surface area (Å²) in [4.78, 5) is 0.